The summed E-state index contributed by atoms with van der Waals surface area (Å²) in [6.07, 6.45) is 5.71. The van der Waals surface area contributed by atoms with Crippen molar-refractivity contribution in [1.29, 1.82) is 0 Å². The second-order valence-electron chi connectivity index (χ2n) is 8.04. The monoisotopic (exact) mass is 424 g/mol. The number of nitrogens with zero attached hydrogens (tertiary/aromatic N) is 1. The van der Waals surface area contributed by atoms with Gasteiger partial charge in [-0.2, -0.15) is 0 Å². The molecule has 0 aliphatic heterocycles. The molecule has 0 aliphatic carbocycles. The van der Waals surface area contributed by atoms with Crippen LogP contribution in [0.2, 0.25) is 0 Å². The lowest BCUT2D eigenvalue weighted by molar-refractivity contribution is 0.310. The van der Waals surface area contributed by atoms with Crippen molar-refractivity contribution < 1.29 is 9.15 Å². The summed E-state index contributed by atoms with van der Waals surface area (Å²) in [7, 11) is 0. The molecule has 1 heterocycles. The Labute approximate surface area is 186 Å². The molecule has 0 unspecified atom stereocenters. The van der Waals surface area contributed by atoms with E-state index in [0.717, 1.165) is 31.1 Å². The average molecular weight is 425 g/mol. The molecule has 4 nitrogen and oxygen atoms in total. The Bertz CT molecular complexity index is 871. The van der Waals surface area contributed by atoms with Crippen molar-refractivity contribution >= 4 is 17.2 Å². The number of rotatable bonds is 10. The van der Waals surface area contributed by atoms with Crippen molar-refractivity contribution in [2.75, 3.05) is 19.7 Å². The van der Waals surface area contributed by atoms with Crippen LogP contribution >= 0.6 is 12.2 Å². The van der Waals surface area contributed by atoms with Gasteiger partial charge in [0.25, 0.3) is 0 Å². The normalized spacial score (nSPS) is 11.4. The Hall–Kier alpha value is -2.55. The number of ether oxygens (including phenoxy) is 1. The zero-order chi connectivity index (χ0) is 21.8. The molecule has 1 aromatic heterocycles. The Morgan fingerprint density at radius 2 is 2.10 bits per heavy atom. The van der Waals surface area contributed by atoms with Gasteiger partial charge in [-0.25, -0.2) is 0 Å². The standard InChI is InChI=1S/C25H32N2O2S/c1-5-27(15-8-6-7-14-25(2,3)4)19-21-11-9-12-22(17-21)29-20-24(30)26-18-23-13-10-16-28-23/h6,8-13,16-17H,5,15,18-20H2,1-4H3,(H,26,30)/b8-6+. The smallest absolute Gasteiger partial charge is 0.138 e. The first kappa shape index (κ1) is 23.7. The SMILES string of the molecule is CCN(C/C=C/C#CC(C)(C)C)Cc1cccc(OCC(=S)NCc2ccco2)c1. The number of likely N-dealkylation sites (N-methyl/N-ethyl adjacent to an activating group) is 1. The van der Waals surface area contributed by atoms with Gasteiger partial charge in [0, 0.05) is 18.5 Å². The van der Waals surface area contributed by atoms with E-state index in [-0.39, 0.29) is 5.41 Å². The molecule has 2 rings (SSSR count). The number of furan rings is 1. The quantitative estimate of drug-likeness (QED) is 0.419. The second-order valence-corrected chi connectivity index (χ2v) is 8.53. The number of thiocarbonyl (C=S) groups is 1. The molecule has 0 aliphatic rings. The fourth-order valence-electron chi connectivity index (χ4n) is 2.61. The van der Waals surface area contributed by atoms with E-state index in [1.165, 1.54) is 5.56 Å². The van der Waals surface area contributed by atoms with Gasteiger partial charge in [-0.1, -0.05) is 49.2 Å². The summed E-state index contributed by atoms with van der Waals surface area (Å²) in [6, 6.07) is 11.9. The van der Waals surface area contributed by atoms with Crippen molar-refractivity contribution in [3.8, 4) is 17.6 Å². The molecule has 30 heavy (non-hydrogen) atoms. The maximum atomic E-state index is 5.85. The topological polar surface area (TPSA) is 37.6 Å². The molecule has 0 fully saturated rings. The summed E-state index contributed by atoms with van der Waals surface area (Å²) in [6.45, 7) is 12.1. The van der Waals surface area contributed by atoms with Crippen LogP contribution in [0.4, 0.5) is 0 Å². The maximum Gasteiger partial charge on any atom is 0.138 e. The van der Waals surface area contributed by atoms with Gasteiger partial charge in [0.05, 0.1) is 12.8 Å². The highest BCUT2D eigenvalue weighted by Crippen LogP contribution is 2.15. The van der Waals surface area contributed by atoms with Crippen LogP contribution in [0.1, 0.15) is 39.0 Å². The van der Waals surface area contributed by atoms with E-state index in [1.807, 2.05) is 30.3 Å². The highest BCUT2D eigenvalue weighted by atomic mass is 32.1. The Morgan fingerprint density at radius 1 is 1.27 bits per heavy atom. The third-order valence-corrected chi connectivity index (χ3v) is 4.44. The van der Waals surface area contributed by atoms with Gasteiger partial charge >= 0.3 is 0 Å². The zero-order valence-electron chi connectivity index (χ0n) is 18.4. The lowest BCUT2D eigenvalue weighted by Crippen LogP contribution is -2.26. The molecule has 0 saturated carbocycles. The average Bonchev–Trinajstić information content (AvgIpc) is 3.22. The predicted octanol–water partition coefficient (Wildman–Crippen LogP) is 5.20. The minimum Gasteiger partial charge on any atom is -0.486 e. The van der Waals surface area contributed by atoms with Gasteiger partial charge in [-0.05, 0) is 63.2 Å². The fourth-order valence-corrected chi connectivity index (χ4v) is 2.75. The van der Waals surface area contributed by atoms with Crippen LogP contribution in [0.3, 0.4) is 0 Å². The Kier molecular flexibility index (Phi) is 9.66. The van der Waals surface area contributed by atoms with Gasteiger partial charge in [-0.15, -0.1) is 0 Å². The van der Waals surface area contributed by atoms with Gasteiger partial charge in [-0.3, -0.25) is 4.90 Å². The molecule has 5 heteroatoms. The van der Waals surface area contributed by atoms with E-state index in [0.29, 0.717) is 18.1 Å². The van der Waals surface area contributed by atoms with Crippen molar-refractivity contribution in [2.45, 2.75) is 40.8 Å². The van der Waals surface area contributed by atoms with Crippen LogP contribution < -0.4 is 10.1 Å². The molecule has 0 amide bonds. The van der Waals surface area contributed by atoms with Crippen LogP contribution in [-0.2, 0) is 13.1 Å². The number of hydrogen-bond donors (Lipinski definition) is 1. The summed E-state index contributed by atoms with van der Waals surface area (Å²) in [5, 5.41) is 3.14. The van der Waals surface area contributed by atoms with Crippen LogP contribution in [-0.4, -0.2) is 29.6 Å². The molecule has 1 N–H and O–H groups in total. The minimum absolute atomic E-state index is 0.0336. The third kappa shape index (κ3) is 9.78. The van der Waals surface area contributed by atoms with E-state index in [1.54, 1.807) is 6.26 Å². The molecule has 0 atom stereocenters. The van der Waals surface area contributed by atoms with Crippen molar-refractivity contribution in [2.24, 2.45) is 5.41 Å². The lowest BCUT2D eigenvalue weighted by atomic mass is 9.98. The maximum absolute atomic E-state index is 5.85. The third-order valence-electron chi connectivity index (χ3n) is 4.17. The molecule has 2 aromatic rings. The highest BCUT2D eigenvalue weighted by Gasteiger charge is 2.05. The first-order valence-electron chi connectivity index (χ1n) is 10.3. The minimum atomic E-state index is 0.0336. The van der Waals surface area contributed by atoms with Gasteiger partial charge in [0.1, 0.15) is 23.1 Å². The van der Waals surface area contributed by atoms with Gasteiger partial charge in [0.2, 0.25) is 0 Å². The summed E-state index contributed by atoms with van der Waals surface area (Å²) < 4.78 is 11.1. The van der Waals surface area contributed by atoms with Crippen molar-refractivity contribution in [3.05, 3.63) is 66.1 Å². The second kappa shape index (κ2) is 12.2. The lowest BCUT2D eigenvalue weighted by Gasteiger charge is -2.19. The van der Waals surface area contributed by atoms with E-state index in [2.05, 4.69) is 68.0 Å². The Balaban J connectivity index is 1.80. The van der Waals surface area contributed by atoms with E-state index < -0.39 is 0 Å². The first-order chi connectivity index (χ1) is 14.4. The van der Waals surface area contributed by atoms with Crippen molar-refractivity contribution in [3.63, 3.8) is 0 Å². The number of allylic oxidation sites excluding steroid dienone is 1. The zero-order valence-corrected chi connectivity index (χ0v) is 19.2. The number of nitrogens with one attached hydrogen (secondary N) is 1. The summed E-state index contributed by atoms with van der Waals surface area (Å²) in [4.78, 5) is 3.00. The first-order valence-corrected chi connectivity index (χ1v) is 10.7. The molecule has 0 radical (unpaired) electrons. The predicted molar refractivity (Wildman–Crippen MR) is 127 cm³/mol. The highest BCUT2D eigenvalue weighted by molar-refractivity contribution is 7.80. The fraction of sp³-hybridized carbons (Fsp3) is 0.400. The van der Waals surface area contributed by atoms with Crippen LogP contribution in [0, 0.1) is 17.3 Å². The number of hydrogen-bond acceptors (Lipinski definition) is 4. The van der Waals surface area contributed by atoms with E-state index in [4.69, 9.17) is 21.4 Å². The summed E-state index contributed by atoms with van der Waals surface area (Å²) >= 11 is 5.34. The van der Waals surface area contributed by atoms with Gasteiger partial charge in [0.15, 0.2) is 0 Å². The van der Waals surface area contributed by atoms with E-state index in [9.17, 15) is 0 Å². The van der Waals surface area contributed by atoms with E-state index >= 15 is 0 Å². The molecule has 0 saturated heterocycles. The summed E-state index contributed by atoms with van der Waals surface area (Å²) in [5.74, 6) is 8.00. The molecule has 160 valence electrons. The molecular formula is C25H32N2O2S. The van der Waals surface area contributed by atoms with Crippen LogP contribution in [0.25, 0.3) is 0 Å². The van der Waals surface area contributed by atoms with Crippen LogP contribution in [0.15, 0.2) is 59.2 Å². The van der Waals surface area contributed by atoms with Gasteiger partial charge < -0.3 is 14.5 Å². The summed E-state index contributed by atoms with van der Waals surface area (Å²) in [5.41, 5.74) is 1.24. The van der Waals surface area contributed by atoms with Crippen molar-refractivity contribution in [1.82, 2.24) is 10.2 Å². The molecule has 0 spiro atoms. The largest absolute Gasteiger partial charge is 0.486 e. The number of benzene rings is 1. The molecule has 0 bridgehead atoms. The van der Waals surface area contributed by atoms with Crippen LogP contribution in [0.5, 0.6) is 5.75 Å². The molecule has 1 aromatic carbocycles. The Morgan fingerprint density at radius 3 is 2.80 bits per heavy atom. The molecular weight excluding hydrogens is 392 g/mol.